The highest BCUT2D eigenvalue weighted by Gasteiger charge is 2.25. The molecule has 0 heterocycles. The third-order valence-corrected chi connectivity index (χ3v) is 2.43. The highest BCUT2D eigenvalue weighted by Crippen LogP contribution is 2.24. The minimum atomic E-state index is -0.595. The van der Waals surface area contributed by atoms with E-state index in [1.807, 2.05) is 0 Å². The standard InChI is InChI=1S/C11H13FO/c1-8(13)11(2,3)9-5-4-6-10(12)7-9/h4-7H,1-3H3. The Morgan fingerprint density at radius 1 is 1.38 bits per heavy atom. The number of Topliss-reactive ketones (excluding diaryl/α,β-unsaturated/α-hetero) is 1. The Morgan fingerprint density at radius 3 is 2.46 bits per heavy atom. The van der Waals surface area contributed by atoms with E-state index in [1.54, 1.807) is 26.0 Å². The first-order valence-corrected chi connectivity index (χ1v) is 4.21. The lowest BCUT2D eigenvalue weighted by Crippen LogP contribution is -2.26. The highest BCUT2D eigenvalue weighted by atomic mass is 19.1. The molecule has 0 aliphatic rings. The van der Waals surface area contributed by atoms with Gasteiger partial charge in [0.25, 0.3) is 0 Å². The molecule has 0 aromatic heterocycles. The van der Waals surface area contributed by atoms with Crippen LogP contribution in [0.2, 0.25) is 0 Å². The van der Waals surface area contributed by atoms with Crippen LogP contribution in [-0.4, -0.2) is 5.78 Å². The molecule has 2 heteroatoms. The summed E-state index contributed by atoms with van der Waals surface area (Å²) in [4.78, 5) is 11.3. The van der Waals surface area contributed by atoms with E-state index in [4.69, 9.17) is 0 Å². The van der Waals surface area contributed by atoms with Gasteiger partial charge in [-0.3, -0.25) is 4.79 Å². The van der Waals surface area contributed by atoms with Crippen molar-refractivity contribution in [2.45, 2.75) is 26.2 Å². The van der Waals surface area contributed by atoms with E-state index in [1.165, 1.54) is 19.1 Å². The van der Waals surface area contributed by atoms with Crippen molar-refractivity contribution < 1.29 is 9.18 Å². The van der Waals surface area contributed by atoms with Gasteiger partial charge in [0.1, 0.15) is 11.6 Å². The lowest BCUT2D eigenvalue weighted by Gasteiger charge is -2.21. The van der Waals surface area contributed by atoms with Crippen molar-refractivity contribution in [3.05, 3.63) is 35.6 Å². The second-order valence-electron chi connectivity index (χ2n) is 3.69. The molecule has 0 atom stereocenters. The van der Waals surface area contributed by atoms with Crippen molar-refractivity contribution in [2.75, 3.05) is 0 Å². The maximum Gasteiger partial charge on any atom is 0.139 e. The number of halogens is 1. The first-order valence-electron chi connectivity index (χ1n) is 4.21. The van der Waals surface area contributed by atoms with Crippen LogP contribution in [0.4, 0.5) is 4.39 Å². The van der Waals surface area contributed by atoms with Crippen LogP contribution < -0.4 is 0 Å². The molecule has 0 saturated carbocycles. The normalized spacial score (nSPS) is 11.4. The fourth-order valence-corrected chi connectivity index (χ4v) is 1.08. The Morgan fingerprint density at radius 2 is 2.00 bits per heavy atom. The predicted octanol–water partition coefficient (Wildman–Crippen LogP) is 2.69. The van der Waals surface area contributed by atoms with Crippen molar-refractivity contribution >= 4 is 5.78 Å². The first-order chi connectivity index (χ1) is 5.94. The topological polar surface area (TPSA) is 17.1 Å². The molecule has 0 radical (unpaired) electrons. The SMILES string of the molecule is CC(=O)C(C)(C)c1cccc(F)c1. The number of hydrogen-bond donors (Lipinski definition) is 0. The van der Waals surface area contributed by atoms with Gasteiger partial charge in [-0.15, -0.1) is 0 Å². The van der Waals surface area contributed by atoms with E-state index < -0.39 is 5.41 Å². The van der Waals surface area contributed by atoms with Crippen LogP contribution in [0.15, 0.2) is 24.3 Å². The Labute approximate surface area is 77.6 Å². The molecule has 0 aliphatic heterocycles. The Hall–Kier alpha value is -1.18. The van der Waals surface area contributed by atoms with E-state index in [0.29, 0.717) is 0 Å². The predicted molar refractivity (Wildman–Crippen MR) is 50.1 cm³/mol. The molecule has 0 spiro atoms. The van der Waals surface area contributed by atoms with E-state index in [2.05, 4.69) is 0 Å². The summed E-state index contributed by atoms with van der Waals surface area (Å²) in [6, 6.07) is 6.17. The van der Waals surface area contributed by atoms with Crippen molar-refractivity contribution in [3.8, 4) is 0 Å². The van der Waals surface area contributed by atoms with Crippen LogP contribution in [0, 0.1) is 5.82 Å². The molecule has 0 fully saturated rings. The van der Waals surface area contributed by atoms with Gasteiger partial charge in [0, 0.05) is 5.41 Å². The zero-order valence-electron chi connectivity index (χ0n) is 8.10. The summed E-state index contributed by atoms with van der Waals surface area (Å²) in [6.07, 6.45) is 0. The van der Waals surface area contributed by atoms with Crippen LogP contribution in [0.3, 0.4) is 0 Å². The fourth-order valence-electron chi connectivity index (χ4n) is 1.08. The first kappa shape index (κ1) is 9.90. The molecule has 1 nitrogen and oxygen atoms in total. The van der Waals surface area contributed by atoms with Gasteiger partial charge in [-0.2, -0.15) is 0 Å². The van der Waals surface area contributed by atoms with Crippen molar-refractivity contribution in [2.24, 2.45) is 0 Å². The molecule has 1 aromatic rings. The van der Waals surface area contributed by atoms with E-state index in [9.17, 15) is 9.18 Å². The number of benzene rings is 1. The monoisotopic (exact) mass is 180 g/mol. The molecule has 0 bridgehead atoms. The van der Waals surface area contributed by atoms with E-state index in [0.717, 1.165) is 5.56 Å². The van der Waals surface area contributed by atoms with Gasteiger partial charge in [0.2, 0.25) is 0 Å². The highest BCUT2D eigenvalue weighted by molar-refractivity contribution is 5.87. The minimum Gasteiger partial charge on any atom is -0.299 e. The Balaban J connectivity index is 3.14. The maximum atomic E-state index is 12.8. The fraction of sp³-hybridized carbons (Fsp3) is 0.364. The van der Waals surface area contributed by atoms with Crippen LogP contribution in [-0.2, 0) is 10.2 Å². The summed E-state index contributed by atoms with van der Waals surface area (Å²) in [5.41, 5.74) is 0.127. The number of carbonyl (C=O) groups is 1. The van der Waals surface area contributed by atoms with Gasteiger partial charge in [-0.1, -0.05) is 12.1 Å². The summed E-state index contributed by atoms with van der Waals surface area (Å²) in [6.45, 7) is 5.11. The molecule has 13 heavy (non-hydrogen) atoms. The van der Waals surface area contributed by atoms with Gasteiger partial charge in [0.05, 0.1) is 0 Å². The molecule has 1 aromatic carbocycles. The minimum absolute atomic E-state index is 0.0399. The van der Waals surface area contributed by atoms with E-state index >= 15 is 0 Å². The Kier molecular flexibility index (Phi) is 2.50. The van der Waals surface area contributed by atoms with Crippen LogP contribution >= 0.6 is 0 Å². The lowest BCUT2D eigenvalue weighted by molar-refractivity contribution is -0.121. The van der Waals surface area contributed by atoms with Gasteiger partial charge in [-0.05, 0) is 38.5 Å². The molecular formula is C11H13FO. The summed E-state index contributed by atoms with van der Waals surface area (Å²) in [5, 5.41) is 0. The third-order valence-electron chi connectivity index (χ3n) is 2.43. The smallest absolute Gasteiger partial charge is 0.139 e. The zero-order chi connectivity index (χ0) is 10.1. The van der Waals surface area contributed by atoms with Gasteiger partial charge in [-0.25, -0.2) is 4.39 Å². The molecule has 0 unspecified atom stereocenters. The quantitative estimate of drug-likeness (QED) is 0.683. The summed E-state index contributed by atoms with van der Waals surface area (Å²) < 4.78 is 12.8. The Bertz CT molecular complexity index is 329. The molecule has 0 aliphatic carbocycles. The third kappa shape index (κ3) is 1.94. The second-order valence-corrected chi connectivity index (χ2v) is 3.69. The molecule has 0 saturated heterocycles. The average molecular weight is 180 g/mol. The zero-order valence-corrected chi connectivity index (χ0v) is 8.10. The van der Waals surface area contributed by atoms with Crippen LogP contribution in [0.1, 0.15) is 26.3 Å². The van der Waals surface area contributed by atoms with Gasteiger partial charge >= 0.3 is 0 Å². The summed E-state index contributed by atoms with van der Waals surface area (Å²) >= 11 is 0. The van der Waals surface area contributed by atoms with E-state index in [-0.39, 0.29) is 11.6 Å². The summed E-state index contributed by atoms with van der Waals surface area (Å²) in [7, 11) is 0. The summed E-state index contributed by atoms with van der Waals surface area (Å²) in [5.74, 6) is -0.259. The average Bonchev–Trinajstić information content (AvgIpc) is 2.04. The maximum absolute atomic E-state index is 12.8. The lowest BCUT2D eigenvalue weighted by atomic mass is 9.81. The van der Waals surface area contributed by atoms with Crippen molar-refractivity contribution in [3.63, 3.8) is 0 Å². The number of carbonyl (C=O) groups excluding carboxylic acids is 1. The second kappa shape index (κ2) is 3.29. The molecule has 70 valence electrons. The molecule has 0 amide bonds. The van der Waals surface area contributed by atoms with Gasteiger partial charge < -0.3 is 0 Å². The van der Waals surface area contributed by atoms with Crippen molar-refractivity contribution in [1.82, 2.24) is 0 Å². The van der Waals surface area contributed by atoms with Crippen molar-refractivity contribution in [1.29, 1.82) is 0 Å². The largest absolute Gasteiger partial charge is 0.299 e. The molecule has 0 N–H and O–H groups in total. The van der Waals surface area contributed by atoms with Crippen LogP contribution in [0.5, 0.6) is 0 Å². The number of ketones is 1. The number of hydrogen-bond acceptors (Lipinski definition) is 1. The molecule has 1 rings (SSSR count). The van der Waals surface area contributed by atoms with Gasteiger partial charge in [0.15, 0.2) is 0 Å². The molecular weight excluding hydrogens is 167 g/mol. The van der Waals surface area contributed by atoms with Crippen LogP contribution in [0.25, 0.3) is 0 Å². The number of rotatable bonds is 2.